The summed E-state index contributed by atoms with van der Waals surface area (Å²) in [5.74, 6) is 1.81. The Labute approximate surface area is 118 Å². The van der Waals surface area contributed by atoms with Crippen LogP contribution in [-0.2, 0) is 4.79 Å². The summed E-state index contributed by atoms with van der Waals surface area (Å²) in [4.78, 5) is 12.1. The van der Waals surface area contributed by atoms with Crippen molar-refractivity contribution in [2.24, 2.45) is 11.8 Å². The van der Waals surface area contributed by atoms with Gasteiger partial charge in [0, 0.05) is 6.04 Å². The number of nitrogens with one attached hydrogen (secondary N) is 1. The molecule has 1 aromatic rings. The number of phenols is 1. The standard InChI is InChI=1S/C16H19NO3/c1-10(20-14-6-4-13(18)5-7-14)16(19)17-15-9-11-2-3-12(15)8-11/h2-7,10-12,15,18H,8-9H2,1H3,(H,17,19). The molecule has 1 fully saturated rings. The summed E-state index contributed by atoms with van der Waals surface area (Å²) >= 11 is 0. The van der Waals surface area contributed by atoms with E-state index in [1.807, 2.05) is 0 Å². The van der Waals surface area contributed by atoms with Gasteiger partial charge in [-0.1, -0.05) is 12.2 Å². The fourth-order valence-electron chi connectivity index (χ4n) is 3.03. The fourth-order valence-corrected chi connectivity index (χ4v) is 3.03. The Balaban J connectivity index is 1.54. The van der Waals surface area contributed by atoms with E-state index in [1.54, 1.807) is 31.2 Å². The van der Waals surface area contributed by atoms with E-state index in [4.69, 9.17) is 4.74 Å². The zero-order chi connectivity index (χ0) is 14.1. The van der Waals surface area contributed by atoms with Crippen LogP contribution in [-0.4, -0.2) is 23.2 Å². The zero-order valence-corrected chi connectivity index (χ0v) is 11.5. The minimum Gasteiger partial charge on any atom is -0.508 e. The van der Waals surface area contributed by atoms with E-state index in [1.165, 1.54) is 0 Å². The van der Waals surface area contributed by atoms with Gasteiger partial charge in [-0.2, -0.15) is 0 Å². The van der Waals surface area contributed by atoms with E-state index in [9.17, 15) is 9.90 Å². The van der Waals surface area contributed by atoms with Crippen LogP contribution in [0.2, 0.25) is 0 Å². The number of phenolic OH excluding ortho intramolecular Hbond substituents is 1. The smallest absolute Gasteiger partial charge is 0.261 e. The number of aromatic hydroxyl groups is 1. The van der Waals surface area contributed by atoms with Gasteiger partial charge in [-0.15, -0.1) is 0 Å². The first-order valence-corrected chi connectivity index (χ1v) is 7.06. The number of carbonyl (C=O) groups excluding carboxylic acids is 1. The fraction of sp³-hybridized carbons (Fsp3) is 0.438. The molecule has 1 saturated carbocycles. The van der Waals surface area contributed by atoms with Crippen LogP contribution in [0.4, 0.5) is 0 Å². The first-order chi connectivity index (χ1) is 9.61. The van der Waals surface area contributed by atoms with Gasteiger partial charge < -0.3 is 15.2 Å². The molecule has 4 unspecified atom stereocenters. The summed E-state index contributed by atoms with van der Waals surface area (Å²) in [6.07, 6.45) is 6.13. The molecule has 0 aliphatic heterocycles. The van der Waals surface area contributed by atoms with E-state index >= 15 is 0 Å². The molecule has 0 heterocycles. The Kier molecular flexibility index (Phi) is 3.38. The number of allylic oxidation sites excluding steroid dienone is 1. The lowest BCUT2D eigenvalue weighted by atomic mass is 10.0. The third kappa shape index (κ3) is 2.64. The van der Waals surface area contributed by atoms with Crippen molar-refractivity contribution in [2.45, 2.75) is 31.9 Å². The molecule has 2 aliphatic carbocycles. The lowest BCUT2D eigenvalue weighted by molar-refractivity contribution is -0.128. The molecule has 0 radical (unpaired) electrons. The Morgan fingerprint density at radius 3 is 2.65 bits per heavy atom. The minimum absolute atomic E-state index is 0.0796. The largest absolute Gasteiger partial charge is 0.508 e. The number of benzene rings is 1. The molecule has 1 amide bonds. The van der Waals surface area contributed by atoms with Crippen LogP contribution in [0.1, 0.15) is 19.8 Å². The van der Waals surface area contributed by atoms with Gasteiger partial charge in [-0.05, 0) is 55.9 Å². The molecule has 0 spiro atoms. The number of hydrogen-bond donors (Lipinski definition) is 2. The second kappa shape index (κ2) is 5.19. The second-order valence-corrected chi connectivity index (χ2v) is 5.65. The van der Waals surface area contributed by atoms with Crippen molar-refractivity contribution in [2.75, 3.05) is 0 Å². The number of rotatable bonds is 4. The molecule has 0 aromatic heterocycles. The normalized spacial score (nSPS) is 28.4. The molecule has 3 rings (SSSR count). The highest BCUT2D eigenvalue weighted by Crippen LogP contribution is 2.38. The first kappa shape index (κ1) is 13.0. The maximum Gasteiger partial charge on any atom is 0.261 e. The summed E-state index contributed by atoms with van der Waals surface area (Å²) in [5.41, 5.74) is 0. The van der Waals surface area contributed by atoms with Crippen molar-refractivity contribution in [1.29, 1.82) is 0 Å². The Hall–Kier alpha value is -1.97. The van der Waals surface area contributed by atoms with Crippen LogP contribution >= 0.6 is 0 Å². The van der Waals surface area contributed by atoms with Crippen LogP contribution in [0, 0.1) is 11.8 Å². The van der Waals surface area contributed by atoms with Gasteiger partial charge in [-0.3, -0.25) is 4.79 Å². The van der Waals surface area contributed by atoms with Gasteiger partial charge in [0.25, 0.3) is 5.91 Å². The summed E-state index contributed by atoms with van der Waals surface area (Å²) in [6.45, 7) is 1.74. The molecule has 2 N–H and O–H groups in total. The Bertz CT molecular complexity index is 523. The maximum absolute atomic E-state index is 12.1. The Morgan fingerprint density at radius 1 is 1.30 bits per heavy atom. The van der Waals surface area contributed by atoms with E-state index in [0.29, 0.717) is 17.6 Å². The van der Waals surface area contributed by atoms with E-state index < -0.39 is 6.10 Å². The number of hydrogen-bond acceptors (Lipinski definition) is 3. The van der Waals surface area contributed by atoms with Crippen molar-refractivity contribution in [3.05, 3.63) is 36.4 Å². The summed E-state index contributed by atoms with van der Waals surface area (Å²) in [7, 11) is 0. The van der Waals surface area contributed by atoms with Crippen LogP contribution < -0.4 is 10.1 Å². The molecule has 1 aromatic carbocycles. The molecule has 4 nitrogen and oxygen atoms in total. The molecular weight excluding hydrogens is 254 g/mol. The van der Waals surface area contributed by atoms with Crippen molar-refractivity contribution >= 4 is 5.91 Å². The highest BCUT2D eigenvalue weighted by Gasteiger charge is 2.37. The van der Waals surface area contributed by atoms with Crippen molar-refractivity contribution in [1.82, 2.24) is 5.32 Å². The van der Waals surface area contributed by atoms with Gasteiger partial charge in [0.05, 0.1) is 0 Å². The van der Waals surface area contributed by atoms with E-state index in [2.05, 4.69) is 17.5 Å². The highest BCUT2D eigenvalue weighted by atomic mass is 16.5. The molecule has 2 aliphatic rings. The summed E-state index contributed by atoms with van der Waals surface area (Å²) < 4.78 is 5.58. The SMILES string of the molecule is CC(Oc1ccc(O)cc1)C(=O)NC1CC2C=CC1C2. The molecule has 4 atom stereocenters. The maximum atomic E-state index is 12.1. The van der Waals surface area contributed by atoms with Gasteiger partial charge in [-0.25, -0.2) is 0 Å². The van der Waals surface area contributed by atoms with Crippen LogP contribution in [0.15, 0.2) is 36.4 Å². The summed E-state index contributed by atoms with van der Waals surface area (Å²) in [6, 6.07) is 6.64. The van der Waals surface area contributed by atoms with Gasteiger partial charge in [0.1, 0.15) is 11.5 Å². The van der Waals surface area contributed by atoms with Gasteiger partial charge in [0.15, 0.2) is 6.10 Å². The monoisotopic (exact) mass is 273 g/mol. The lowest BCUT2D eigenvalue weighted by Gasteiger charge is -2.22. The quantitative estimate of drug-likeness (QED) is 0.827. The average Bonchev–Trinajstić information content (AvgIpc) is 3.03. The molecule has 20 heavy (non-hydrogen) atoms. The molecule has 0 saturated heterocycles. The van der Waals surface area contributed by atoms with E-state index in [-0.39, 0.29) is 17.7 Å². The number of ether oxygens (including phenoxy) is 1. The van der Waals surface area contributed by atoms with Crippen molar-refractivity contribution in [3.63, 3.8) is 0 Å². The van der Waals surface area contributed by atoms with Crippen LogP contribution in [0.5, 0.6) is 11.5 Å². The van der Waals surface area contributed by atoms with Gasteiger partial charge in [0.2, 0.25) is 0 Å². The average molecular weight is 273 g/mol. The number of fused-ring (bicyclic) bond motifs is 2. The lowest BCUT2D eigenvalue weighted by Crippen LogP contribution is -2.44. The van der Waals surface area contributed by atoms with Crippen molar-refractivity contribution in [3.8, 4) is 11.5 Å². The van der Waals surface area contributed by atoms with Crippen LogP contribution in [0.3, 0.4) is 0 Å². The van der Waals surface area contributed by atoms with Gasteiger partial charge >= 0.3 is 0 Å². The first-order valence-electron chi connectivity index (χ1n) is 7.06. The molecule has 106 valence electrons. The predicted octanol–water partition coefficient (Wildman–Crippen LogP) is 2.24. The second-order valence-electron chi connectivity index (χ2n) is 5.65. The predicted molar refractivity (Wildman–Crippen MR) is 75.5 cm³/mol. The molecule has 2 bridgehead atoms. The highest BCUT2D eigenvalue weighted by molar-refractivity contribution is 5.81. The number of amides is 1. The Morgan fingerprint density at radius 2 is 2.05 bits per heavy atom. The van der Waals surface area contributed by atoms with Crippen molar-refractivity contribution < 1.29 is 14.6 Å². The third-order valence-corrected chi connectivity index (χ3v) is 4.13. The molecular formula is C16H19NO3. The minimum atomic E-state index is -0.539. The summed E-state index contributed by atoms with van der Waals surface area (Å²) in [5, 5.41) is 12.3. The third-order valence-electron chi connectivity index (χ3n) is 4.13. The molecule has 4 heteroatoms. The van der Waals surface area contributed by atoms with Crippen LogP contribution in [0.25, 0.3) is 0 Å². The number of carbonyl (C=O) groups is 1. The zero-order valence-electron chi connectivity index (χ0n) is 11.5. The topological polar surface area (TPSA) is 58.6 Å². The van der Waals surface area contributed by atoms with E-state index in [0.717, 1.165) is 12.8 Å².